The number of hydrogen-bond acceptors (Lipinski definition) is 5. The van der Waals surface area contributed by atoms with Gasteiger partial charge in [-0.15, -0.1) is 0 Å². The molecule has 0 N–H and O–H groups in total. The summed E-state index contributed by atoms with van der Waals surface area (Å²) >= 11 is 0. The summed E-state index contributed by atoms with van der Waals surface area (Å²) in [6, 6.07) is 4.31. The monoisotopic (exact) mass is 332 g/mol. The Morgan fingerprint density at radius 1 is 1.14 bits per heavy atom. The zero-order valence-corrected chi connectivity index (χ0v) is 16.5. The van der Waals surface area contributed by atoms with E-state index in [0.717, 1.165) is 0 Å². The molecule has 0 unspecified atom stereocenters. The van der Waals surface area contributed by atoms with Gasteiger partial charge < -0.3 is 14.4 Å². The van der Waals surface area contributed by atoms with Crippen molar-refractivity contribution in [2.45, 2.75) is 27.2 Å². The van der Waals surface area contributed by atoms with Crippen molar-refractivity contribution in [3.05, 3.63) is 41.2 Å². The molecule has 0 radical (unpaired) electrons. The summed E-state index contributed by atoms with van der Waals surface area (Å²) in [5, 5.41) is 0. The van der Waals surface area contributed by atoms with Crippen LogP contribution in [0.25, 0.3) is 0 Å². The predicted molar refractivity (Wildman–Crippen MR) is 83.0 cm³/mol. The minimum atomic E-state index is -4.11. The first-order chi connectivity index (χ1) is 9.76. The number of aryl methyl sites for hydroxylation is 3. The van der Waals surface area contributed by atoms with Gasteiger partial charge in [0.15, 0.2) is 0 Å². The van der Waals surface area contributed by atoms with Crippen LogP contribution >= 0.6 is 0 Å². The van der Waals surface area contributed by atoms with Gasteiger partial charge in [-0.3, -0.25) is 0 Å². The van der Waals surface area contributed by atoms with Gasteiger partial charge in [-0.2, -0.15) is 0 Å². The molecule has 0 atom stereocenters. The van der Waals surface area contributed by atoms with Crippen LogP contribution in [0.4, 0.5) is 5.69 Å². The molecule has 2 rings (SSSR count). The van der Waals surface area contributed by atoms with Crippen LogP contribution in [0.2, 0.25) is 0 Å². The van der Waals surface area contributed by atoms with Gasteiger partial charge in [0.25, 0.3) is 0 Å². The van der Waals surface area contributed by atoms with E-state index >= 15 is 0 Å². The standard InChI is InChI=1S/C15H22N2O3S.Na/c1-12-9-13(2)15(14(3)10-12)17-7-6-16(11-17)5-4-8-21(18,19)20;/h6-7,9-10H,4-5,8,11H2,1-3H3,(H,18,19,20);/q;+1/p-1. The smallest absolute Gasteiger partial charge is 0.748 e. The van der Waals surface area contributed by atoms with Gasteiger partial charge in [0.1, 0.15) is 0 Å². The van der Waals surface area contributed by atoms with Crippen LogP contribution in [0.5, 0.6) is 0 Å². The van der Waals surface area contributed by atoms with Gasteiger partial charge in [0.2, 0.25) is 0 Å². The Hall–Kier alpha value is -0.530. The molecule has 0 saturated heterocycles. The second-order valence-electron chi connectivity index (χ2n) is 5.58. The van der Waals surface area contributed by atoms with E-state index in [0.29, 0.717) is 19.6 Å². The minimum absolute atomic E-state index is 0. The van der Waals surface area contributed by atoms with Crippen LogP contribution in [0.1, 0.15) is 23.1 Å². The molecule has 1 aliphatic rings. The Kier molecular flexibility index (Phi) is 6.95. The summed E-state index contributed by atoms with van der Waals surface area (Å²) in [5.41, 5.74) is 4.88. The molecule has 0 amide bonds. The van der Waals surface area contributed by atoms with E-state index < -0.39 is 10.1 Å². The van der Waals surface area contributed by atoms with Gasteiger partial charge in [-0.05, 0) is 38.3 Å². The van der Waals surface area contributed by atoms with Crippen molar-refractivity contribution < 1.29 is 42.5 Å². The Labute approximate surface area is 155 Å². The van der Waals surface area contributed by atoms with Crippen molar-refractivity contribution in [3.8, 4) is 0 Å². The second kappa shape index (κ2) is 7.84. The number of anilines is 1. The van der Waals surface area contributed by atoms with E-state index in [-0.39, 0.29) is 35.3 Å². The summed E-state index contributed by atoms with van der Waals surface area (Å²) < 4.78 is 31.8. The SMILES string of the molecule is Cc1cc(C)c(N2C=CN(CCCS(=O)(=O)[O-])C2)c(C)c1.[Na+]. The van der Waals surface area contributed by atoms with Gasteiger partial charge in [-0.1, -0.05) is 17.7 Å². The summed E-state index contributed by atoms with van der Waals surface area (Å²) in [7, 11) is -4.11. The summed E-state index contributed by atoms with van der Waals surface area (Å²) in [4.78, 5) is 4.17. The normalized spacial score (nSPS) is 14.4. The maximum atomic E-state index is 10.6. The van der Waals surface area contributed by atoms with Crippen molar-refractivity contribution >= 4 is 15.8 Å². The molecule has 0 spiro atoms. The molecule has 1 aromatic rings. The molecule has 116 valence electrons. The fourth-order valence-electron chi connectivity index (χ4n) is 2.83. The first-order valence-corrected chi connectivity index (χ1v) is 8.54. The second-order valence-corrected chi connectivity index (χ2v) is 7.11. The van der Waals surface area contributed by atoms with Crippen molar-refractivity contribution in [2.75, 3.05) is 23.9 Å². The third kappa shape index (κ3) is 5.28. The number of hydrogen-bond donors (Lipinski definition) is 0. The maximum absolute atomic E-state index is 10.6. The van der Waals surface area contributed by atoms with Crippen LogP contribution in [0.15, 0.2) is 24.5 Å². The molecule has 0 bridgehead atoms. The molecule has 0 fully saturated rings. The number of benzene rings is 1. The van der Waals surface area contributed by atoms with Crippen LogP contribution in [0.3, 0.4) is 0 Å². The maximum Gasteiger partial charge on any atom is 1.00 e. The molecular weight excluding hydrogens is 311 g/mol. The zero-order chi connectivity index (χ0) is 15.6. The zero-order valence-electron chi connectivity index (χ0n) is 13.7. The molecular formula is C15H21N2NaO3S. The Bertz CT molecular complexity index is 636. The summed E-state index contributed by atoms with van der Waals surface area (Å²) in [5.74, 6) is -0.306. The molecule has 1 heterocycles. The predicted octanol–water partition coefficient (Wildman–Crippen LogP) is -0.898. The Morgan fingerprint density at radius 2 is 1.73 bits per heavy atom. The van der Waals surface area contributed by atoms with Crippen molar-refractivity contribution in [1.29, 1.82) is 0 Å². The van der Waals surface area contributed by atoms with Gasteiger partial charge in [-0.25, -0.2) is 8.42 Å². The molecule has 7 heteroatoms. The van der Waals surface area contributed by atoms with Gasteiger partial charge in [0, 0.05) is 30.4 Å². The van der Waals surface area contributed by atoms with Crippen molar-refractivity contribution in [1.82, 2.24) is 4.90 Å². The number of nitrogens with zero attached hydrogens (tertiary/aromatic N) is 2. The van der Waals surface area contributed by atoms with E-state index in [9.17, 15) is 13.0 Å². The molecule has 5 nitrogen and oxygen atoms in total. The van der Waals surface area contributed by atoms with Crippen LogP contribution in [0, 0.1) is 20.8 Å². The van der Waals surface area contributed by atoms with Gasteiger partial charge in [0.05, 0.1) is 16.8 Å². The quantitative estimate of drug-likeness (QED) is 0.517. The average molecular weight is 332 g/mol. The Morgan fingerprint density at radius 3 is 2.27 bits per heavy atom. The van der Waals surface area contributed by atoms with E-state index in [1.807, 2.05) is 17.3 Å². The average Bonchev–Trinajstić information content (AvgIpc) is 2.74. The third-order valence-corrected chi connectivity index (χ3v) is 4.34. The van der Waals surface area contributed by atoms with E-state index in [1.165, 1.54) is 22.4 Å². The summed E-state index contributed by atoms with van der Waals surface area (Å²) in [6.07, 6.45) is 4.29. The Balaban J connectivity index is 0.00000242. The molecule has 1 aromatic carbocycles. The molecule has 0 aromatic heterocycles. The van der Waals surface area contributed by atoms with Crippen LogP contribution < -0.4 is 34.5 Å². The molecule has 0 saturated carbocycles. The molecule has 1 aliphatic heterocycles. The topological polar surface area (TPSA) is 63.7 Å². The van der Waals surface area contributed by atoms with E-state index in [4.69, 9.17) is 0 Å². The first kappa shape index (κ1) is 19.5. The largest absolute Gasteiger partial charge is 1.00 e. The first-order valence-electron chi connectivity index (χ1n) is 6.97. The van der Waals surface area contributed by atoms with Crippen molar-refractivity contribution in [3.63, 3.8) is 0 Å². The van der Waals surface area contributed by atoms with Crippen LogP contribution in [-0.4, -0.2) is 36.8 Å². The molecule has 22 heavy (non-hydrogen) atoms. The van der Waals surface area contributed by atoms with E-state index in [2.05, 4.69) is 37.8 Å². The molecule has 0 aliphatic carbocycles. The fourth-order valence-corrected chi connectivity index (χ4v) is 3.31. The number of rotatable bonds is 5. The minimum Gasteiger partial charge on any atom is -0.748 e. The van der Waals surface area contributed by atoms with Crippen LogP contribution in [-0.2, 0) is 10.1 Å². The van der Waals surface area contributed by atoms with E-state index in [1.54, 1.807) is 0 Å². The van der Waals surface area contributed by atoms with Gasteiger partial charge >= 0.3 is 29.6 Å². The summed E-state index contributed by atoms with van der Waals surface area (Å²) in [6.45, 7) is 7.52. The van der Waals surface area contributed by atoms with Crippen molar-refractivity contribution in [2.24, 2.45) is 0 Å². The fraction of sp³-hybridized carbons (Fsp3) is 0.467. The third-order valence-electron chi connectivity index (χ3n) is 3.55.